The number of nitrogens with zero attached hydrogens (tertiary/aromatic N) is 5. The molecule has 0 N–H and O–H groups in total. The van der Waals surface area contributed by atoms with E-state index >= 15 is 0 Å². The van der Waals surface area contributed by atoms with Crippen molar-refractivity contribution in [2.24, 2.45) is 5.92 Å². The molecule has 1 aliphatic heterocycles. The molecular formula is C13H15N5O. The fourth-order valence-electron chi connectivity index (χ4n) is 2.25. The van der Waals surface area contributed by atoms with Crippen LogP contribution in [0.1, 0.15) is 5.69 Å². The standard InChI is InChI=1S/C13H15N5O/c1-10-2-3-13(19)18(16-10)9-11-7-17(8-11)12-6-14-4-5-15-12/h2-6,11H,7-9H2,1H3. The van der Waals surface area contributed by atoms with Crippen molar-refractivity contribution in [1.82, 2.24) is 19.7 Å². The zero-order valence-corrected chi connectivity index (χ0v) is 10.7. The van der Waals surface area contributed by atoms with Crippen molar-refractivity contribution >= 4 is 5.82 Å². The molecule has 0 bridgehead atoms. The van der Waals surface area contributed by atoms with Gasteiger partial charge in [0.1, 0.15) is 5.82 Å². The molecule has 19 heavy (non-hydrogen) atoms. The first-order chi connectivity index (χ1) is 9.22. The fourth-order valence-corrected chi connectivity index (χ4v) is 2.25. The van der Waals surface area contributed by atoms with Crippen molar-refractivity contribution in [2.45, 2.75) is 13.5 Å². The summed E-state index contributed by atoms with van der Waals surface area (Å²) < 4.78 is 1.55. The van der Waals surface area contributed by atoms with Crippen molar-refractivity contribution in [1.29, 1.82) is 0 Å². The first-order valence-electron chi connectivity index (χ1n) is 6.28. The Bertz CT molecular complexity index is 618. The van der Waals surface area contributed by atoms with Crippen LogP contribution < -0.4 is 10.5 Å². The summed E-state index contributed by atoms with van der Waals surface area (Å²) in [6.45, 7) is 4.33. The van der Waals surface area contributed by atoms with Crippen LogP contribution >= 0.6 is 0 Å². The van der Waals surface area contributed by atoms with Gasteiger partial charge in [0.05, 0.1) is 18.4 Å². The van der Waals surface area contributed by atoms with Crippen LogP contribution in [0.25, 0.3) is 0 Å². The Morgan fingerprint density at radius 2 is 2.16 bits per heavy atom. The smallest absolute Gasteiger partial charge is 0.266 e. The van der Waals surface area contributed by atoms with Gasteiger partial charge in [-0.05, 0) is 13.0 Å². The van der Waals surface area contributed by atoms with E-state index in [0.717, 1.165) is 24.6 Å². The minimum Gasteiger partial charge on any atom is -0.355 e. The molecule has 0 aromatic carbocycles. The highest BCUT2D eigenvalue weighted by Gasteiger charge is 2.28. The predicted molar refractivity (Wildman–Crippen MR) is 71.0 cm³/mol. The molecule has 0 radical (unpaired) electrons. The Balaban J connectivity index is 1.63. The van der Waals surface area contributed by atoms with Gasteiger partial charge >= 0.3 is 0 Å². The lowest BCUT2D eigenvalue weighted by atomic mass is 10.0. The summed E-state index contributed by atoms with van der Waals surface area (Å²) in [6.07, 6.45) is 5.11. The predicted octanol–water partition coefficient (Wildman–Crippen LogP) is 0.478. The average Bonchev–Trinajstić information content (AvgIpc) is 2.38. The molecule has 1 fully saturated rings. The van der Waals surface area contributed by atoms with Gasteiger partial charge < -0.3 is 4.90 Å². The molecule has 3 rings (SSSR count). The van der Waals surface area contributed by atoms with Crippen LogP contribution in [0.5, 0.6) is 0 Å². The van der Waals surface area contributed by atoms with Crippen LogP contribution in [-0.4, -0.2) is 32.8 Å². The Morgan fingerprint density at radius 3 is 2.89 bits per heavy atom. The lowest BCUT2D eigenvalue weighted by molar-refractivity contribution is 0.331. The topological polar surface area (TPSA) is 63.9 Å². The zero-order valence-electron chi connectivity index (χ0n) is 10.7. The second kappa shape index (κ2) is 4.79. The van der Waals surface area contributed by atoms with Crippen molar-refractivity contribution in [3.63, 3.8) is 0 Å². The van der Waals surface area contributed by atoms with Gasteiger partial charge in [0.2, 0.25) is 0 Å². The molecule has 0 unspecified atom stereocenters. The van der Waals surface area contributed by atoms with E-state index < -0.39 is 0 Å². The third-order valence-electron chi connectivity index (χ3n) is 3.26. The molecule has 0 amide bonds. The summed E-state index contributed by atoms with van der Waals surface area (Å²) >= 11 is 0. The number of anilines is 1. The van der Waals surface area contributed by atoms with Gasteiger partial charge in [-0.2, -0.15) is 5.10 Å². The Kier molecular flexibility index (Phi) is 2.98. The average molecular weight is 257 g/mol. The van der Waals surface area contributed by atoms with Gasteiger partial charge in [-0.1, -0.05) is 0 Å². The third kappa shape index (κ3) is 2.47. The van der Waals surface area contributed by atoms with Gasteiger partial charge in [-0.3, -0.25) is 9.78 Å². The molecule has 2 aromatic heterocycles. The lowest BCUT2D eigenvalue weighted by Crippen LogP contribution is -2.50. The summed E-state index contributed by atoms with van der Waals surface area (Å²) in [7, 11) is 0. The second-order valence-corrected chi connectivity index (χ2v) is 4.83. The van der Waals surface area contributed by atoms with Crippen molar-refractivity contribution in [3.05, 3.63) is 46.8 Å². The Hall–Kier alpha value is -2.24. The summed E-state index contributed by atoms with van der Waals surface area (Å²) in [6, 6.07) is 3.31. The molecule has 3 heterocycles. The van der Waals surface area contributed by atoms with Crippen molar-refractivity contribution in [3.8, 4) is 0 Å². The summed E-state index contributed by atoms with van der Waals surface area (Å²) in [5, 5.41) is 4.25. The lowest BCUT2D eigenvalue weighted by Gasteiger charge is -2.39. The second-order valence-electron chi connectivity index (χ2n) is 4.83. The molecule has 6 heteroatoms. The van der Waals surface area contributed by atoms with Crippen LogP contribution in [0.4, 0.5) is 5.82 Å². The maximum Gasteiger partial charge on any atom is 0.266 e. The van der Waals surface area contributed by atoms with Crippen LogP contribution in [-0.2, 0) is 6.54 Å². The van der Waals surface area contributed by atoms with E-state index in [9.17, 15) is 4.79 Å². The number of aromatic nitrogens is 4. The van der Waals surface area contributed by atoms with E-state index in [1.54, 1.807) is 35.4 Å². The highest BCUT2D eigenvalue weighted by molar-refractivity contribution is 5.38. The minimum atomic E-state index is -0.0384. The van der Waals surface area contributed by atoms with E-state index in [1.807, 2.05) is 6.92 Å². The van der Waals surface area contributed by atoms with Crippen LogP contribution in [0.2, 0.25) is 0 Å². The number of aryl methyl sites for hydroxylation is 1. The number of hydrogen-bond acceptors (Lipinski definition) is 5. The quantitative estimate of drug-likeness (QED) is 0.800. The maximum atomic E-state index is 11.7. The van der Waals surface area contributed by atoms with Crippen LogP contribution in [0.15, 0.2) is 35.5 Å². The molecule has 2 aromatic rings. The number of hydrogen-bond donors (Lipinski definition) is 0. The molecule has 0 atom stereocenters. The minimum absolute atomic E-state index is 0.0384. The molecule has 0 saturated carbocycles. The summed E-state index contributed by atoms with van der Waals surface area (Å²) in [5.41, 5.74) is 0.827. The van der Waals surface area contributed by atoms with E-state index in [4.69, 9.17) is 0 Å². The summed E-state index contributed by atoms with van der Waals surface area (Å²) in [4.78, 5) is 22.1. The SMILES string of the molecule is Cc1ccc(=O)n(CC2CN(c3cnccn3)C2)n1. The van der Waals surface area contributed by atoms with Gasteiger partial charge in [-0.25, -0.2) is 9.67 Å². The van der Waals surface area contributed by atoms with Crippen LogP contribution in [0, 0.1) is 12.8 Å². The van der Waals surface area contributed by atoms with Gasteiger partial charge in [-0.15, -0.1) is 0 Å². The van der Waals surface area contributed by atoms with E-state index in [1.165, 1.54) is 0 Å². The van der Waals surface area contributed by atoms with Gasteiger partial charge in [0, 0.05) is 37.5 Å². The van der Waals surface area contributed by atoms with Crippen molar-refractivity contribution < 1.29 is 0 Å². The highest BCUT2D eigenvalue weighted by Crippen LogP contribution is 2.22. The molecule has 1 aliphatic rings. The maximum absolute atomic E-state index is 11.7. The Morgan fingerprint density at radius 1 is 1.32 bits per heavy atom. The first-order valence-corrected chi connectivity index (χ1v) is 6.28. The fraction of sp³-hybridized carbons (Fsp3) is 0.385. The third-order valence-corrected chi connectivity index (χ3v) is 3.26. The highest BCUT2D eigenvalue weighted by atomic mass is 16.1. The van der Waals surface area contributed by atoms with E-state index in [-0.39, 0.29) is 5.56 Å². The van der Waals surface area contributed by atoms with Crippen molar-refractivity contribution in [2.75, 3.05) is 18.0 Å². The van der Waals surface area contributed by atoms with Crippen LogP contribution in [0.3, 0.4) is 0 Å². The van der Waals surface area contributed by atoms with E-state index in [0.29, 0.717) is 12.5 Å². The van der Waals surface area contributed by atoms with Gasteiger partial charge in [0.15, 0.2) is 0 Å². The molecule has 98 valence electrons. The first kappa shape index (κ1) is 11.8. The van der Waals surface area contributed by atoms with Gasteiger partial charge in [0.25, 0.3) is 5.56 Å². The van der Waals surface area contributed by atoms with E-state index in [2.05, 4.69) is 20.0 Å². The molecular weight excluding hydrogens is 242 g/mol. The normalized spacial score (nSPS) is 15.3. The molecule has 1 saturated heterocycles. The largest absolute Gasteiger partial charge is 0.355 e. The molecule has 0 spiro atoms. The monoisotopic (exact) mass is 257 g/mol. The zero-order chi connectivity index (χ0) is 13.2. The molecule has 6 nitrogen and oxygen atoms in total. The Labute approximate surface area is 110 Å². The number of rotatable bonds is 3. The summed E-state index contributed by atoms with van der Waals surface area (Å²) in [5.74, 6) is 1.33. The molecule has 0 aliphatic carbocycles.